The van der Waals surface area contributed by atoms with E-state index < -0.39 is 10.2 Å². The summed E-state index contributed by atoms with van der Waals surface area (Å²) in [5.41, 5.74) is 1.06. The third-order valence-corrected chi connectivity index (χ3v) is 5.16. The Morgan fingerprint density at radius 3 is 2.45 bits per heavy atom. The predicted molar refractivity (Wildman–Crippen MR) is 77.5 cm³/mol. The Bertz CT molecular complexity index is 674. The van der Waals surface area contributed by atoms with Gasteiger partial charge in [0, 0.05) is 25.1 Å². The maximum Gasteiger partial charge on any atom is 0.282 e. The van der Waals surface area contributed by atoms with Crippen LogP contribution < -0.4 is 0 Å². The maximum absolute atomic E-state index is 12.1. The van der Waals surface area contributed by atoms with E-state index in [9.17, 15) is 8.42 Å². The van der Waals surface area contributed by atoms with Crippen molar-refractivity contribution in [3.8, 4) is 12.1 Å². The highest BCUT2D eigenvalue weighted by atomic mass is 79.9. The van der Waals surface area contributed by atoms with Gasteiger partial charge in [0.2, 0.25) is 0 Å². The quantitative estimate of drug-likeness (QED) is 0.747. The van der Waals surface area contributed by atoms with Crippen LogP contribution in [0.2, 0.25) is 0 Å². The Hall–Kier alpha value is -1.45. The molecule has 0 N–H and O–H groups in total. The SMILES string of the molecule is CN(C)S(=O)(=O)N(CC#N)Cc1cc(C#N)ccc1Br. The molecule has 0 aliphatic heterocycles. The average molecular weight is 357 g/mol. The van der Waals surface area contributed by atoms with Crippen LogP contribution >= 0.6 is 15.9 Å². The van der Waals surface area contributed by atoms with Crippen molar-refractivity contribution >= 4 is 26.1 Å². The summed E-state index contributed by atoms with van der Waals surface area (Å²) in [5.74, 6) is 0. The van der Waals surface area contributed by atoms with Gasteiger partial charge >= 0.3 is 0 Å². The Morgan fingerprint density at radius 2 is 1.95 bits per heavy atom. The van der Waals surface area contributed by atoms with Crippen molar-refractivity contribution in [3.63, 3.8) is 0 Å². The van der Waals surface area contributed by atoms with Crippen molar-refractivity contribution in [2.24, 2.45) is 0 Å². The molecule has 1 aromatic rings. The molecule has 0 fully saturated rings. The number of hydrogen-bond acceptors (Lipinski definition) is 4. The topological polar surface area (TPSA) is 88.2 Å². The molecule has 106 valence electrons. The summed E-state index contributed by atoms with van der Waals surface area (Å²) in [6.45, 7) is -0.242. The first-order valence-electron chi connectivity index (χ1n) is 5.56. The zero-order chi connectivity index (χ0) is 15.3. The van der Waals surface area contributed by atoms with Crippen LogP contribution in [0.5, 0.6) is 0 Å². The molecule has 0 unspecified atom stereocenters. The number of hydrogen-bond donors (Lipinski definition) is 0. The van der Waals surface area contributed by atoms with Crippen LogP contribution in [0.25, 0.3) is 0 Å². The van der Waals surface area contributed by atoms with Gasteiger partial charge in [0.15, 0.2) is 0 Å². The van der Waals surface area contributed by atoms with Gasteiger partial charge in [-0.1, -0.05) is 15.9 Å². The third-order valence-electron chi connectivity index (χ3n) is 2.56. The Kier molecular flexibility index (Phi) is 5.66. The summed E-state index contributed by atoms with van der Waals surface area (Å²) in [6.07, 6.45) is 0. The molecule has 0 spiro atoms. The van der Waals surface area contributed by atoms with Gasteiger partial charge in [-0.05, 0) is 23.8 Å². The first kappa shape index (κ1) is 16.6. The highest BCUT2D eigenvalue weighted by molar-refractivity contribution is 9.10. The minimum absolute atomic E-state index is 0.0180. The van der Waals surface area contributed by atoms with Crippen molar-refractivity contribution in [3.05, 3.63) is 33.8 Å². The minimum atomic E-state index is -3.70. The van der Waals surface area contributed by atoms with Crippen molar-refractivity contribution < 1.29 is 8.42 Å². The van der Waals surface area contributed by atoms with Gasteiger partial charge in [0.25, 0.3) is 10.2 Å². The van der Waals surface area contributed by atoms with Crippen LogP contribution in [0.1, 0.15) is 11.1 Å². The van der Waals surface area contributed by atoms with Crippen LogP contribution in [-0.2, 0) is 16.8 Å². The number of nitrogens with zero attached hydrogens (tertiary/aromatic N) is 4. The molecule has 0 bridgehead atoms. The second-order valence-electron chi connectivity index (χ2n) is 4.13. The van der Waals surface area contributed by atoms with Crippen molar-refractivity contribution in [2.45, 2.75) is 6.54 Å². The largest absolute Gasteiger partial charge is 0.282 e. The highest BCUT2D eigenvalue weighted by Gasteiger charge is 2.25. The Balaban J connectivity index is 3.16. The van der Waals surface area contributed by atoms with Gasteiger partial charge in [0.05, 0.1) is 17.7 Å². The third kappa shape index (κ3) is 3.78. The van der Waals surface area contributed by atoms with Crippen LogP contribution in [0.4, 0.5) is 0 Å². The highest BCUT2D eigenvalue weighted by Crippen LogP contribution is 2.21. The Morgan fingerprint density at radius 1 is 1.30 bits per heavy atom. The van der Waals surface area contributed by atoms with E-state index in [2.05, 4.69) is 15.9 Å². The molecule has 1 aromatic carbocycles. The predicted octanol–water partition coefficient (Wildman–Crippen LogP) is 1.45. The lowest BCUT2D eigenvalue weighted by atomic mass is 10.1. The fourth-order valence-electron chi connectivity index (χ4n) is 1.48. The van der Waals surface area contributed by atoms with Crippen molar-refractivity contribution in [1.29, 1.82) is 10.5 Å². The number of nitriles is 2. The zero-order valence-electron chi connectivity index (χ0n) is 11.0. The molecule has 0 aliphatic rings. The zero-order valence-corrected chi connectivity index (χ0v) is 13.4. The van der Waals surface area contributed by atoms with Gasteiger partial charge in [-0.25, -0.2) is 0 Å². The first-order valence-corrected chi connectivity index (χ1v) is 7.75. The molecule has 0 aliphatic carbocycles. The maximum atomic E-state index is 12.1. The van der Waals surface area contributed by atoms with Gasteiger partial charge in [-0.2, -0.15) is 27.6 Å². The summed E-state index contributed by atoms with van der Waals surface area (Å²) in [7, 11) is -0.889. The monoisotopic (exact) mass is 356 g/mol. The van der Waals surface area contributed by atoms with E-state index in [0.717, 1.165) is 8.61 Å². The van der Waals surface area contributed by atoms with E-state index in [0.29, 0.717) is 15.6 Å². The van der Waals surface area contributed by atoms with E-state index in [1.807, 2.05) is 12.1 Å². The standard InChI is InChI=1S/C12H13BrN4O2S/c1-16(2)20(18,19)17(6-5-14)9-11-7-10(8-15)3-4-12(11)13/h3-4,7H,6,9H2,1-2H3. The molecule has 0 heterocycles. The molecular weight excluding hydrogens is 344 g/mol. The summed E-state index contributed by atoms with van der Waals surface area (Å²) >= 11 is 3.32. The average Bonchev–Trinajstić information content (AvgIpc) is 2.40. The molecule has 8 heteroatoms. The molecule has 0 atom stereocenters. The molecule has 20 heavy (non-hydrogen) atoms. The van der Waals surface area contributed by atoms with E-state index >= 15 is 0 Å². The van der Waals surface area contributed by atoms with Gasteiger partial charge in [-0.15, -0.1) is 0 Å². The van der Waals surface area contributed by atoms with E-state index in [1.165, 1.54) is 14.1 Å². The molecule has 0 amide bonds. The van der Waals surface area contributed by atoms with Crippen LogP contribution in [0.15, 0.2) is 22.7 Å². The smallest absolute Gasteiger partial charge is 0.197 e. The lowest BCUT2D eigenvalue weighted by Crippen LogP contribution is -2.39. The molecule has 0 aromatic heterocycles. The van der Waals surface area contributed by atoms with E-state index in [4.69, 9.17) is 10.5 Å². The van der Waals surface area contributed by atoms with Gasteiger partial charge in [-0.3, -0.25) is 0 Å². The molecular formula is C12H13BrN4O2S. The lowest BCUT2D eigenvalue weighted by Gasteiger charge is -2.23. The fraction of sp³-hybridized carbons (Fsp3) is 0.333. The van der Waals surface area contributed by atoms with Gasteiger partial charge in [0.1, 0.15) is 6.54 Å². The summed E-state index contributed by atoms with van der Waals surface area (Å²) < 4.78 is 27.0. The van der Waals surface area contributed by atoms with Crippen LogP contribution in [0, 0.1) is 22.7 Å². The summed E-state index contributed by atoms with van der Waals surface area (Å²) in [5, 5.41) is 17.7. The first-order chi connectivity index (χ1) is 9.32. The summed E-state index contributed by atoms with van der Waals surface area (Å²) in [4.78, 5) is 0. The number of halogens is 1. The van der Waals surface area contributed by atoms with Crippen LogP contribution in [-0.4, -0.2) is 37.7 Å². The molecule has 1 rings (SSSR count). The normalized spacial score (nSPS) is 11.3. The second kappa shape index (κ2) is 6.82. The molecule has 0 saturated carbocycles. The van der Waals surface area contributed by atoms with Gasteiger partial charge < -0.3 is 0 Å². The van der Waals surface area contributed by atoms with Crippen molar-refractivity contribution in [2.75, 3.05) is 20.6 Å². The Labute approximate surface area is 127 Å². The summed E-state index contributed by atoms with van der Waals surface area (Å²) in [6, 6.07) is 8.74. The van der Waals surface area contributed by atoms with Crippen LogP contribution in [0.3, 0.4) is 0 Å². The van der Waals surface area contributed by atoms with E-state index in [1.54, 1.807) is 18.2 Å². The number of rotatable bonds is 5. The lowest BCUT2D eigenvalue weighted by molar-refractivity contribution is 0.395. The number of benzene rings is 1. The molecule has 0 radical (unpaired) electrons. The van der Waals surface area contributed by atoms with Crippen molar-refractivity contribution in [1.82, 2.24) is 8.61 Å². The fourth-order valence-corrected chi connectivity index (χ4v) is 2.84. The molecule has 6 nitrogen and oxygen atoms in total. The second-order valence-corrected chi connectivity index (χ2v) is 7.13. The molecule has 0 saturated heterocycles. The minimum Gasteiger partial charge on any atom is -0.197 e. The van der Waals surface area contributed by atoms with E-state index in [-0.39, 0.29) is 13.1 Å².